The van der Waals surface area contributed by atoms with Crippen molar-refractivity contribution in [2.45, 2.75) is 16.2 Å². The lowest BCUT2D eigenvalue weighted by molar-refractivity contribution is -0.124. The lowest BCUT2D eigenvalue weighted by Gasteiger charge is -2.19. The fourth-order valence-corrected chi connectivity index (χ4v) is 4.30. The minimum absolute atomic E-state index is 0.0756. The second kappa shape index (κ2) is 8.33. The van der Waals surface area contributed by atoms with E-state index in [1.54, 1.807) is 24.3 Å². The third kappa shape index (κ3) is 4.10. The average molecular weight is 429 g/mol. The molecule has 8 heteroatoms. The van der Waals surface area contributed by atoms with E-state index in [-0.39, 0.29) is 11.6 Å². The Morgan fingerprint density at radius 3 is 2.43 bits per heavy atom. The van der Waals surface area contributed by atoms with E-state index >= 15 is 0 Å². The summed E-state index contributed by atoms with van der Waals surface area (Å²) in [5.41, 5.74) is 0.950. The largest absolute Gasteiger partial charge is 0.494 e. The first-order chi connectivity index (χ1) is 14.4. The van der Waals surface area contributed by atoms with Crippen LogP contribution < -0.4 is 14.8 Å². The molecule has 0 radical (unpaired) electrons. The van der Waals surface area contributed by atoms with E-state index in [1.807, 2.05) is 0 Å². The van der Waals surface area contributed by atoms with Crippen LogP contribution in [0.5, 0.6) is 17.2 Å². The number of aliphatic hydroxyl groups excluding tert-OH is 1. The number of ether oxygens (including phenoxy) is 2. The molecule has 1 aliphatic heterocycles. The third-order valence-electron chi connectivity index (χ3n) is 4.57. The molecule has 5 nitrogen and oxygen atoms in total. The number of halogens is 2. The molecule has 4 rings (SSSR count). The highest BCUT2D eigenvalue weighted by Gasteiger charge is 2.33. The molecule has 0 unspecified atom stereocenters. The highest BCUT2D eigenvalue weighted by atomic mass is 32.2. The van der Waals surface area contributed by atoms with Gasteiger partial charge in [0.05, 0.1) is 18.0 Å². The van der Waals surface area contributed by atoms with Crippen molar-refractivity contribution >= 4 is 23.4 Å². The number of carbonyl (C=O) groups excluding carboxylic acids is 1. The second-order valence-corrected chi connectivity index (χ2v) is 7.76. The fraction of sp³-hybridized carbons (Fsp3) is 0.136. The third-order valence-corrected chi connectivity index (χ3v) is 5.95. The molecule has 3 aromatic rings. The number of methoxy groups -OCH3 is 1. The smallest absolute Gasteiger partial charge is 0.254 e. The van der Waals surface area contributed by atoms with Crippen LogP contribution in [0.25, 0.3) is 0 Å². The number of rotatable bonds is 4. The van der Waals surface area contributed by atoms with Gasteiger partial charge in [0, 0.05) is 4.90 Å². The average Bonchev–Trinajstić information content (AvgIpc) is 2.86. The highest BCUT2D eigenvalue weighted by Crippen LogP contribution is 2.45. The van der Waals surface area contributed by atoms with Gasteiger partial charge in [-0.15, -0.1) is 11.8 Å². The highest BCUT2D eigenvalue weighted by molar-refractivity contribution is 7.99. The standard InChI is InChI=1S/C22H17F2NO4S/c1-28-18-9-2-12(10-16(18)24)21-20(26)22(27)25-17-8-7-15(11-19(17)30-21)29-14-5-3-13(23)4-6-14/h2-11,20-21,26H,1H3,(H,25,27)/t20-,21+/m0/s1. The van der Waals surface area contributed by atoms with Crippen LogP contribution in [0.15, 0.2) is 65.6 Å². The Labute approximate surface area is 175 Å². The molecule has 1 amide bonds. The second-order valence-electron chi connectivity index (χ2n) is 6.58. The van der Waals surface area contributed by atoms with Gasteiger partial charge in [-0.3, -0.25) is 4.79 Å². The SMILES string of the molecule is COc1ccc([C@H]2Sc3cc(Oc4ccc(F)cc4)ccc3NC(=O)[C@H]2O)cc1F. The van der Waals surface area contributed by atoms with E-state index in [9.17, 15) is 18.7 Å². The van der Waals surface area contributed by atoms with Crippen LogP contribution in [-0.2, 0) is 4.79 Å². The van der Waals surface area contributed by atoms with Crippen molar-refractivity contribution in [3.05, 3.63) is 77.9 Å². The van der Waals surface area contributed by atoms with Crippen LogP contribution in [0.1, 0.15) is 10.8 Å². The van der Waals surface area contributed by atoms with Gasteiger partial charge < -0.3 is 19.9 Å². The molecule has 3 aromatic carbocycles. The molecular formula is C22H17F2NO4S. The number of benzene rings is 3. The first-order valence-corrected chi connectivity index (χ1v) is 9.89. The number of amides is 1. The maximum Gasteiger partial charge on any atom is 0.254 e. The van der Waals surface area contributed by atoms with Crippen molar-refractivity contribution in [3.8, 4) is 17.2 Å². The Hall–Kier alpha value is -3.10. The van der Waals surface area contributed by atoms with Crippen LogP contribution in [0.3, 0.4) is 0 Å². The van der Waals surface area contributed by atoms with E-state index < -0.39 is 23.1 Å². The van der Waals surface area contributed by atoms with Crippen LogP contribution in [-0.4, -0.2) is 24.2 Å². The van der Waals surface area contributed by atoms with Crippen molar-refractivity contribution in [1.82, 2.24) is 0 Å². The predicted octanol–water partition coefficient (Wildman–Crippen LogP) is 4.91. The first-order valence-electron chi connectivity index (χ1n) is 9.01. The molecule has 30 heavy (non-hydrogen) atoms. The number of anilines is 1. The Morgan fingerprint density at radius 2 is 1.73 bits per heavy atom. The first kappa shape index (κ1) is 20.2. The summed E-state index contributed by atoms with van der Waals surface area (Å²) in [6.45, 7) is 0. The molecule has 0 aromatic heterocycles. The molecule has 2 N–H and O–H groups in total. The van der Waals surface area contributed by atoms with Gasteiger partial charge in [-0.2, -0.15) is 0 Å². The van der Waals surface area contributed by atoms with Crippen molar-refractivity contribution in [2.24, 2.45) is 0 Å². The van der Waals surface area contributed by atoms with E-state index in [4.69, 9.17) is 9.47 Å². The number of aliphatic hydroxyl groups is 1. The van der Waals surface area contributed by atoms with Crippen LogP contribution >= 0.6 is 11.8 Å². The summed E-state index contributed by atoms with van der Waals surface area (Å²) in [5, 5.41) is 12.5. The number of fused-ring (bicyclic) bond motifs is 1. The minimum atomic E-state index is -1.39. The summed E-state index contributed by atoms with van der Waals surface area (Å²) in [6.07, 6.45) is -1.39. The van der Waals surface area contributed by atoms with E-state index in [2.05, 4.69) is 5.32 Å². The maximum atomic E-state index is 14.2. The summed E-state index contributed by atoms with van der Waals surface area (Å²) in [5.74, 6) is -0.542. The van der Waals surface area contributed by atoms with Crippen LogP contribution in [0.2, 0.25) is 0 Å². The van der Waals surface area contributed by atoms with Gasteiger partial charge >= 0.3 is 0 Å². The number of thioether (sulfide) groups is 1. The molecule has 0 spiro atoms. The normalized spacial score (nSPS) is 18.2. The van der Waals surface area contributed by atoms with Gasteiger partial charge in [-0.05, 0) is 60.2 Å². The Bertz CT molecular complexity index is 1090. The van der Waals surface area contributed by atoms with Crippen LogP contribution in [0.4, 0.5) is 14.5 Å². The predicted molar refractivity (Wildman–Crippen MR) is 109 cm³/mol. The fourth-order valence-electron chi connectivity index (χ4n) is 3.06. The quantitative estimate of drug-likeness (QED) is 0.617. The van der Waals surface area contributed by atoms with E-state index in [1.165, 1.54) is 55.3 Å². The molecule has 0 bridgehead atoms. The van der Waals surface area contributed by atoms with Gasteiger partial charge in [0.15, 0.2) is 11.6 Å². The zero-order chi connectivity index (χ0) is 21.3. The van der Waals surface area contributed by atoms with Gasteiger partial charge in [0.1, 0.15) is 23.4 Å². The Kier molecular flexibility index (Phi) is 5.61. The summed E-state index contributed by atoms with van der Waals surface area (Å²) in [4.78, 5) is 13.1. The Morgan fingerprint density at radius 1 is 1.00 bits per heavy atom. The molecule has 0 aliphatic carbocycles. The molecule has 154 valence electrons. The molecule has 2 atom stereocenters. The zero-order valence-electron chi connectivity index (χ0n) is 15.8. The lowest BCUT2D eigenvalue weighted by atomic mass is 10.1. The molecule has 1 heterocycles. The van der Waals surface area contributed by atoms with Crippen molar-refractivity contribution in [3.63, 3.8) is 0 Å². The van der Waals surface area contributed by atoms with Crippen molar-refractivity contribution in [2.75, 3.05) is 12.4 Å². The lowest BCUT2D eigenvalue weighted by Crippen LogP contribution is -2.30. The monoisotopic (exact) mass is 429 g/mol. The summed E-state index contributed by atoms with van der Waals surface area (Å²) in [6, 6.07) is 14.9. The maximum absolute atomic E-state index is 14.2. The Balaban J connectivity index is 1.66. The number of hydrogen-bond acceptors (Lipinski definition) is 5. The van der Waals surface area contributed by atoms with Crippen molar-refractivity contribution < 1.29 is 28.2 Å². The topological polar surface area (TPSA) is 67.8 Å². The number of hydrogen-bond donors (Lipinski definition) is 2. The van der Waals surface area contributed by atoms with Gasteiger partial charge in [0.25, 0.3) is 5.91 Å². The van der Waals surface area contributed by atoms with Gasteiger partial charge in [-0.25, -0.2) is 8.78 Å². The van der Waals surface area contributed by atoms with Crippen molar-refractivity contribution in [1.29, 1.82) is 0 Å². The molecule has 1 aliphatic rings. The number of nitrogens with one attached hydrogen (secondary N) is 1. The summed E-state index contributed by atoms with van der Waals surface area (Å²) < 4.78 is 38.0. The molecule has 0 saturated heterocycles. The zero-order valence-corrected chi connectivity index (χ0v) is 16.6. The van der Waals surface area contributed by atoms with Crippen LogP contribution in [0, 0.1) is 11.6 Å². The molecule has 0 fully saturated rings. The summed E-state index contributed by atoms with van der Waals surface area (Å²) in [7, 11) is 1.36. The van der Waals surface area contributed by atoms with E-state index in [0.717, 1.165) is 0 Å². The number of carbonyl (C=O) groups is 1. The minimum Gasteiger partial charge on any atom is -0.494 e. The van der Waals surface area contributed by atoms with Gasteiger partial charge in [-0.1, -0.05) is 6.07 Å². The van der Waals surface area contributed by atoms with E-state index in [0.29, 0.717) is 27.6 Å². The van der Waals surface area contributed by atoms with Gasteiger partial charge in [0.2, 0.25) is 0 Å². The summed E-state index contributed by atoms with van der Waals surface area (Å²) >= 11 is 1.21. The molecular weight excluding hydrogens is 412 g/mol. The molecule has 0 saturated carbocycles.